The van der Waals surface area contributed by atoms with Crippen molar-refractivity contribution in [2.45, 2.75) is 18.4 Å². The molecule has 0 spiro atoms. The Bertz CT molecular complexity index is 763. The van der Waals surface area contributed by atoms with Gasteiger partial charge in [-0.15, -0.1) is 0 Å². The fourth-order valence-electron chi connectivity index (χ4n) is 1.65. The molecule has 114 valence electrons. The van der Waals surface area contributed by atoms with Crippen LogP contribution in [0.25, 0.3) is 0 Å². The van der Waals surface area contributed by atoms with Crippen LogP contribution in [0.3, 0.4) is 0 Å². The molecule has 2 rings (SSSR count). The third-order valence-corrected chi connectivity index (χ3v) is 6.03. The minimum absolute atomic E-state index is 0.0402. The van der Waals surface area contributed by atoms with Crippen LogP contribution in [-0.2, 0) is 16.6 Å². The minimum Gasteiger partial charge on any atom is -0.450 e. The lowest BCUT2D eigenvalue weighted by molar-refractivity contribution is 0.245. The minimum atomic E-state index is -3.85. The van der Waals surface area contributed by atoms with Crippen molar-refractivity contribution in [1.82, 2.24) is 0 Å². The van der Waals surface area contributed by atoms with Crippen molar-refractivity contribution in [2.75, 3.05) is 4.72 Å². The van der Waals surface area contributed by atoms with E-state index in [4.69, 9.17) is 9.52 Å². The highest BCUT2D eigenvalue weighted by Crippen LogP contribution is 2.35. The molecule has 0 atom stereocenters. The molecule has 0 aliphatic carbocycles. The molecule has 1 heterocycles. The molecular formula is C12H10Br3NO4S. The summed E-state index contributed by atoms with van der Waals surface area (Å²) in [6.45, 7) is 1.51. The number of sulfonamides is 1. The summed E-state index contributed by atoms with van der Waals surface area (Å²) < 4.78 is 33.7. The van der Waals surface area contributed by atoms with Gasteiger partial charge in [-0.2, -0.15) is 0 Å². The second-order valence-corrected chi connectivity index (χ2v) is 8.30. The molecule has 0 radical (unpaired) electrons. The summed E-state index contributed by atoms with van der Waals surface area (Å²) in [5, 5.41) is 9.00. The maximum absolute atomic E-state index is 12.4. The zero-order valence-electron chi connectivity index (χ0n) is 10.7. The fourth-order valence-corrected chi connectivity index (χ4v) is 5.62. The molecule has 1 aromatic heterocycles. The number of aliphatic hydroxyl groups excluding tert-OH is 1. The van der Waals surface area contributed by atoms with Crippen LogP contribution in [0.4, 0.5) is 5.69 Å². The number of hydrogen-bond donors (Lipinski definition) is 2. The number of aryl methyl sites for hydroxylation is 1. The summed E-state index contributed by atoms with van der Waals surface area (Å²) in [6, 6.07) is 4.86. The molecule has 2 aromatic rings. The van der Waals surface area contributed by atoms with Gasteiger partial charge in [-0.05, 0) is 72.4 Å². The molecule has 5 nitrogen and oxygen atoms in total. The van der Waals surface area contributed by atoms with Crippen molar-refractivity contribution in [3.05, 3.63) is 43.1 Å². The van der Waals surface area contributed by atoms with Crippen LogP contribution in [0.5, 0.6) is 0 Å². The summed E-state index contributed by atoms with van der Waals surface area (Å²) in [5.41, 5.74) is 1.36. The van der Waals surface area contributed by atoms with Gasteiger partial charge in [0, 0.05) is 15.0 Å². The van der Waals surface area contributed by atoms with E-state index in [-0.39, 0.29) is 21.9 Å². The van der Waals surface area contributed by atoms with E-state index < -0.39 is 10.0 Å². The van der Waals surface area contributed by atoms with Gasteiger partial charge >= 0.3 is 0 Å². The van der Waals surface area contributed by atoms with Gasteiger partial charge in [-0.25, -0.2) is 8.42 Å². The average Bonchev–Trinajstić information content (AvgIpc) is 2.76. The Balaban J connectivity index is 2.44. The normalized spacial score (nSPS) is 11.7. The van der Waals surface area contributed by atoms with Crippen LogP contribution in [0.1, 0.15) is 11.3 Å². The van der Waals surface area contributed by atoms with Gasteiger partial charge in [0.1, 0.15) is 17.3 Å². The third kappa shape index (κ3) is 3.70. The Kier molecular flexibility index (Phi) is 5.19. The molecule has 2 N–H and O–H groups in total. The highest BCUT2D eigenvalue weighted by molar-refractivity contribution is 9.11. The number of anilines is 1. The van der Waals surface area contributed by atoms with E-state index in [9.17, 15) is 8.42 Å². The van der Waals surface area contributed by atoms with Crippen molar-refractivity contribution in [1.29, 1.82) is 0 Å². The molecule has 0 saturated heterocycles. The fraction of sp³-hybridized carbons (Fsp3) is 0.167. The molecule has 9 heteroatoms. The molecular weight excluding hydrogens is 494 g/mol. The van der Waals surface area contributed by atoms with Gasteiger partial charge in [0.15, 0.2) is 4.67 Å². The van der Waals surface area contributed by atoms with Crippen molar-refractivity contribution in [2.24, 2.45) is 0 Å². The summed E-state index contributed by atoms with van der Waals surface area (Å²) in [6.07, 6.45) is 0. The SMILES string of the molecule is Cc1cc(Br)c(NS(=O)(=O)c2cc(CO)oc2Br)c(Br)c1. The van der Waals surface area contributed by atoms with Crippen LogP contribution in [0, 0.1) is 6.92 Å². The predicted octanol–water partition coefficient (Wildman–Crippen LogP) is 4.17. The lowest BCUT2D eigenvalue weighted by Gasteiger charge is -2.11. The van der Waals surface area contributed by atoms with Gasteiger partial charge < -0.3 is 9.52 Å². The number of aliphatic hydroxyl groups is 1. The van der Waals surface area contributed by atoms with E-state index in [0.29, 0.717) is 14.6 Å². The molecule has 0 aliphatic heterocycles. The van der Waals surface area contributed by atoms with E-state index >= 15 is 0 Å². The summed E-state index contributed by atoms with van der Waals surface area (Å²) in [7, 11) is -3.85. The standard InChI is InChI=1S/C12H10Br3NO4S/c1-6-2-8(13)11(9(14)3-6)16-21(18,19)10-4-7(5-17)20-12(10)15/h2-4,16-17H,5H2,1H3. The van der Waals surface area contributed by atoms with Crippen LogP contribution in [-0.4, -0.2) is 13.5 Å². The number of furan rings is 1. The second kappa shape index (κ2) is 6.41. The molecule has 0 fully saturated rings. The number of halogens is 3. The number of hydrogen-bond acceptors (Lipinski definition) is 4. The molecule has 1 aromatic carbocycles. The predicted molar refractivity (Wildman–Crippen MR) is 89.7 cm³/mol. The zero-order chi connectivity index (χ0) is 15.8. The Labute approximate surface area is 147 Å². The maximum Gasteiger partial charge on any atom is 0.266 e. The molecule has 0 unspecified atom stereocenters. The van der Waals surface area contributed by atoms with Crippen molar-refractivity contribution in [3.63, 3.8) is 0 Å². The first-order valence-corrected chi connectivity index (χ1v) is 9.48. The summed E-state index contributed by atoms with van der Waals surface area (Å²) in [4.78, 5) is -0.0778. The van der Waals surface area contributed by atoms with Gasteiger partial charge in [0.2, 0.25) is 0 Å². The number of nitrogens with one attached hydrogen (secondary N) is 1. The molecule has 0 aliphatic rings. The number of benzene rings is 1. The average molecular weight is 504 g/mol. The van der Waals surface area contributed by atoms with Gasteiger partial charge in [-0.1, -0.05) is 0 Å². The van der Waals surface area contributed by atoms with Crippen LogP contribution >= 0.6 is 47.8 Å². The number of rotatable bonds is 4. The maximum atomic E-state index is 12.4. The summed E-state index contributed by atoms with van der Waals surface area (Å²) >= 11 is 9.69. The third-order valence-electron chi connectivity index (χ3n) is 2.57. The highest BCUT2D eigenvalue weighted by atomic mass is 79.9. The van der Waals surface area contributed by atoms with E-state index in [1.165, 1.54) is 6.07 Å². The van der Waals surface area contributed by atoms with E-state index in [1.807, 2.05) is 6.92 Å². The van der Waals surface area contributed by atoms with Gasteiger partial charge in [0.25, 0.3) is 10.0 Å². The van der Waals surface area contributed by atoms with Crippen molar-refractivity contribution in [3.8, 4) is 0 Å². The molecule has 0 bridgehead atoms. The largest absolute Gasteiger partial charge is 0.450 e. The molecule has 0 amide bonds. The quantitative estimate of drug-likeness (QED) is 0.656. The smallest absolute Gasteiger partial charge is 0.266 e. The van der Waals surface area contributed by atoms with Crippen LogP contribution < -0.4 is 4.72 Å². The monoisotopic (exact) mass is 501 g/mol. The lowest BCUT2D eigenvalue weighted by Crippen LogP contribution is -2.13. The molecule has 21 heavy (non-hydrogen) atoms. The lowest BCUT2D eigenvalue weighted by atomic mass is 10.2. The van der Waals surface area contributed by atoms with E-state index in [1.54, 1.807) is 12.1 Å². The Morgan fingerprint density at radius 3 is 2.24 bits per heavy atom. The van der Waals surface area contributed by atoms with Gasteiger partial charge in [-0.3, -0.25) is 4.72 Å². The van der Waals surface area contributed by atoms with E-state index in [2.05, 4.69) is 52.5 Å². The zero-order valence-corrected chi connectivity index (χ0v) is 16.2. The first kappa shape index (κ1) is 17.0. The second-order valence-electron chi connectivity index (χ2n) is 4.22. The topological polar surface area (TPSA) is 79.5 Å². The Hall–Kier alpha value is -0.350. The van der Waals surface area contributed by atoms with Gasteiger partial charge in [0.05, 0.1) is 5.69 Å². The Morgan fingerprint density at radius 2 is 1.76 bits per heavy atom. The van der Waals surface area contributed by atoms with E-state index in [0.717, 1.165) is 5.56 Å². The van der Waals surface area contributed by atoms with Crippen LogP contribution in [0.15, 0.2) is 41.1 Å². The highest BCUT2D eigenvalue weighted by Gasteiger charge is 2.24. The molecule has 0 saturated carbocycles. The van der Waals surface area contributed by atoms with Crippen molar-refractivity contribution < 1.29 is 17.9 Å². The van der Waals surface area contributed by atoms with Crippen LogP contribution in [0.2, 0.25) is 0 Å². The first-order chi connectivity index (χ1) is 9.74. The van der Waals surface area contributed by atoms with Crippen molar-refractivity contribution >= 4 is 63.5 Å². The summed E-state index contributed by atoms with van der Waals surface area (Å²) in [5.74, 6) is 0.157. The first-order valence-electron chi connectivity index (χ1n) is 5.62. The Morgan fingerprint density at radius 1 is 1.19 bits per heavy atom.